The van der Waals surface area contributed by atoms with Gasteiger partial charge in [-0.1, -0.05) is 13.8 Å². The lowest BCUT2D eigenvalue weighted by molar-refractivity contribution is 0.0438. The van der Waals surface area contributed by atoms with Crippen molar-refractivity contribution in [1.29, 1.82) is 0 Å². The van der Waals surface area contributed by atoms with Crippen molar-refractivity contribution in [3.8, 4) is 0 Å². The molecule has 0 aromatic rings. The quantitative estimate of drug-likeness (QED) is 0.398. The van der Waals surface area contributed by atoms with E-state index in [-0.39, 0.29) is 19.8 Å². The monoisotopic (exact) mass is 314 g/mol. The van der Waals surface area contributed by atoms with Gasteiger partial charge in [0.1, 0.15) is 0 Å². The molecular formula is C15H38O6. The van der Waals surface area contributed by atoms with Crippen LogP contribution in [0.1, 0.15) is 53.9 Å². The van der Waals surface area contributed by atoms with Crippen molar-refractivity contribution in [2.75, 3.05) is 26.4 Å². The van der Waals surface area contributed by atoms with Crippen molar-refractivity contribution < 1.29 is 30.6 Å². The van der Waals surface area contributed by atoms with Crippen LogP contribution in [-0.2, 0) is 0 Å². The number of unbranched alkanes of at least 4 members (excludes halogenated alkanes) is 2. The maximum Gasteiger partial charge on any atom is 0.0768 e. The summed E-state index contributed by atoms with van der Waals surface area (Å²) in [5.74, 6) is 0.440. The second-order valence-electron chi connectivity index (χ2n) is 4.88. The molecule has 134 valence electrons. The van der Waals surface area contributed by atoms with Gasteiger partial charge in [-0.25, -0.2) is 0 Å². The zero-order chi connectivity index (χ0) is 17.7. The van der Waals surface area contributed by atoms with Gasteiger partial charge in [-0.05, 0) is 46.0 Å². The van der Waals surface area contributed by atoms with Gasteiger partial charge < -0.3 is 30.6 Å². The lowest BCUT2D eigenvalue weighted by Gasteiger charge is -2.03. The smallest absolute Gasteiger partial charge is 0.0768 e. The average molecular weight is 314 g/mol. The molecule has 6 nitrogen and oxygen atoms in total. The molecule has 0 amide bonds. The molecule has 0 rings (SSSR count). The number of hydrogen-bond acceptors (Lipinski definition) is 6. The lowest BCUT2D eigenvalue weighted by Crippen LogP contribution is -2.17. The maximum atomic E-state index is 8.38. The molecule has 6 heteroatoms. The third-order valence-corrected chi connectivity index (χ3v) is 1.88. The van der Waals surface area contributed by atoms with E-state index in [1.54, 1.807) is 20.8 Å². The highest BCUT2D eigenvalue weighted by Gasteiger charge is 1.99. The molecule has 0 aliphatic carbocycles. The van der Waals surface area contributed by atoms with Crippen LogP contribution in [0.4, 0.5) is 0 Å². The van der Waals surface area contributed by atoms with Crippen LogP contribution < -0.4 is 0 Å². The number of rotatable bonds is 6. The minimum Gasteiger partial charge on any atom is -0.397 e. The molecule has 21 heavy (non-hydrogen) atoms. The lowest BCUT2D eigenvalue weighted by atomic mass is 10.2. The van der Waals surface area contributed by atoms with E-state index >= 15 is 0 Å². The van der Waals surface area contributed by atoms with Crippen LogP contribution >= 0.6 is 0 Å². The summed E-state index contributed by atoms with van der Waals surface area (Å²) >= 11 is 0. The highest BCUT2D eigenvalue weighted by Crippen LogP contribution is 1.90. The van der Waals surface area contributed by atoms with Gasteiger partial charge in [0, 0.05) is 26.4 Å². The van der Waals surface area contributed by atoms with Crippen molar-refractivity contribution in [2.24, 2.45) is 5.92 Å². The van der Waals surface area contributed by atoms with Crippen molar-refractivity contribution in [1.82, 2.24) is 0 Å². The van der Waals surface area contributed by atoms with Gasteiger partial charge >= 0.3 is 0 Å². The highest BCUT2D eigenvalue weighted by molar-refractivity contribution is 4.50. The Balaban J connectivity index is -0.0000000955. The van der Waals surface area contributed by atoms with E-state index in [0.29, 0.717) is 12.5 Å². The number of aliphatic hydroxyl groups excluding tert-OH is 6. The molecule has 0 heterocycles. The van der Waals surface area contributed by atoms with E-state index in [1.165, 1.54) is 0 Å². The molecule has 2 atom stereocenters. The van der Waals surface area contributed by atoms with Crippen LogP contribution in [0, 0.1) is 5.92 Å². The van der Waals surface area contributed by atoms with Crippen molar-refractivity contribution in [2.45, 2.75) is 66.1 Å². The zero-order valence-electron chi connectivity index (χ0n) is 14.4. The van der Waals surface area contributed by atoms with Crippen molar-refractivity contribution in [3.05, 3.63) is 0 Å². The largest absolute Gasteiger partial charge is 0.397 e. The first kappa shape index (κ1) is 28.9. The fourth-order valence-electron chi connectivity index (χ4n) is 0.400. The Morgan fingerprint density at radius 1 is 0.667 bits per heavy atom. The van der Waals surface area contributed by atoms with Gasteiger partial charge in [-0.15, -0.1) is 0 Å². The highest BCUT2D eigenvalue weighted by atomic mass is 16.3. The molecular weight excluding hydrogens is 276 g/mol. The van der Waals surface area contributed by atoms with Crippen LogP contribution in [0.5, 0.6) is 0 Å². The van der Waals surface area contributed by atoms with E-state index in [1.807, 2.05) is 13.8 Å². The van der Waals surface area contributed by atoms with E-state index in [9.17, 15) is 0 Å². The second kappa shape index (κ2) is 28.0. The van der Waals surface area contributed by atoms with E-state index in [2.05, 4.69) is 0 Å². The Morgan fingerprint density at radius 3 is 1.00 bits per heavy atom. The summed E-state index contributed by atoms with van der Waals surface area (Å²) < 4.78 is 0. The summed E-state index contributed by atoms with van der Waals surface area (Å²) in [6, 6.07) is 0. The van der Waals surface area contributed by atoms with Crippen LogP contribution in [-0.4, -0.2) is 69.3 Å². The van der Waals surface area contributed by atoms with E-state index in [4.69, 9.17) is 30.6 Å². The van der Waals surface area contributed by atoms with E-state index < -0.39 is 12.2 Å². The molecule has 0 saturated heterocycles. The minimum absolute atomic E-state index is 0.250. The van der Waals surface area contributed by atoms with E-state index in [0.717, 1.165) is 19.3 Å². The maximum absolute atomic E-state index is 8.38. The molecule has 6 N–H and O–H groups in total. The Hall–Kier alpha value is -0.240. The van der Waals surface area contributed by atoms with Gasteiger partial charge in [0.15, 0.2) is 0 Å². The van der Waals surface area contributed by atoms with Gasteiger partial charge in [0.05, 0.1) is 12.2 Å². The summed E-state index contributed by atoms with van der Waals surface area (Å²) in [5, 5.41) is 48.9. The Bertz CT molecular complexity index is 130. The van der Waals surface area contributed by atoms with Crippen LogP contribution in [0.2, 0.25) is 0 Å². The van der Waals surface area contributed by atoms with Gasteiger partial charge in [0.25, 0.3) is 0 Å². The summed E-state index contributed by atoms with van der Waals surface area (Å²) in [5.41, 5.74) is 0. The molecule has 0 fully saturated rings. The molecule has 0 radical (unpaired) electrons. The molecule has 0 aliphatic heterocycles. The van der Waals surface area contributed by atoms with Crippen LogP contribution in [0.15, 0.2) is 0 Å². The van der Waals surface area contributed by atoms with Crippen LogP contribution in [0.3, 0.4) is 0 Å². The average Bonchev–Trinajstić information content (AvgIpc) is 2.41. The Morgan fingerprint density at radius 2 is 0.905 bits per heavy atom. The summed E-state index contributed by atoms with van der Waals surface area (Å²) in [7, 11) is 0. The third kappa shape index (κ3) is 65.4. The first-order valence-corrected chi connectivity index (χ1v) is 7.54. The molecule has 0 saturated carbocycles. The molecule has 2 unspecified atom stereocenters. The van der Waals surface area contributed by atoms with Crippen LogP contribution in [0.25, 0.3) is 0 Å². The Labute approximate surface area is 130 Å². The topological polar surface area (TPSA) is 121 Å². The predicted molar refractivity (Wildman–Crippen MR) is 86.1 cm³/mol. The zero-order valence-corrected chi connectivity index (χ0v) is 14.4. The van der Waals surface area contributed by atoms with Gasteiger partial charge in [-0.3, -0.25) is 0 Å². The molecule has 0 bridgehead atoms. The Kier molecular flexibility index (Phi) is 38.5. The first-order valence-electron chi connectivity index (χ1n) is 7.54. The minimum atomic E-state index is -0.593. The summed E-state index contributed by atoms with van der Waals surface area (Å²) in [6.07, 6.45) is 1.39. The van der Waals surface area contributed by atoms with Crippen molar-refractivity contribution >= 4 is 0 Å². The molecule has 0 spiro atoms. The summed E-state index contributed by atoms with van der Waals surface area (Å²) in [4.78, 5) is 0. The third-order valence-electron chi connectivity index (χ3n) is 1.88. The van der Waals surface area contributed by atoms with Gasteiger partial charge in [0.2, 0.25) is 0 Å². The second-order valence-corrected chi connectivity index (χ2v) is 4.88. The fourth-order valence-corrected chi connectivity index (χ4v) is 0.400. The first-order chi connectivity index (χ1) is 9.74. The molecule has 0 aromatic carbocycles. The predicted octanol–water partition coefficient (Wildman–Crippen LogP) is 0.523. The standard InChI is InChI=1S/C5H12O2.C4H10O2.C4H10O.C2H6O/c6-4-2-1-3-5-7;1-3(5)4(2)6;1-4(2)3-5;1-2-3/h6-7H,1-5H2;3-6H,1-2H3;4-5H,3H2,1-2H3;3H,2H2,1H3. The SMILES string of the molecule is CC(C)CO.CC(O)C(C)O.CCO.OCCCCCO. The molecule has 0 aromatic heterocycles. The fraction of sp³-hybridized carbons (Fsp3) is 1.00. The normalized spacial score (nSPS) is 12.0. The molecule has 0 aliphatic rings. The summed E-state index contributed by atoms with van der Waals surface area (Å²) in [6.45, 7) is 9.77. The van der Waals surface area contributed by atoms with Crippen molar-refractivity contribution in [3.63, 3.8) is 0 Å². The number of hydrogen-bond donors (Lipinski definition) is 6. The number of aliphatic hydroxyl groups is 6. The van der Waals surface area contributed by atoms with Gasteiger partial charge in [-0.2, -0.15) is 0 Å².